The standard InChI is InChI=1S/C14H14Cl2N2/c1-9(10-2-4-11(15)5-3-10)18-14-7-6-12(16)8-13(14)17/h2-9,18H,17H2,1H3. The quantitative estimate of drug-likeness (QED) is 0.797. The van der Waals surface area contributed by atoms with Gasteiger partial charge < -0.3 is 11.1 Å². The number of benzene rings is 2. The predicted molar refractivity (Wildman–Crippen MR) is 79.4 cm³/mol. The van der Waals surface area contributed by atoms with Gasteiger partial charge in [-0.15, -0.1) is 0 Å². The molecule has 0 saturated carbocycles. The molecule has 3 N–H and O–H groups in total. The first-order valence-corrected chi connectivity index (χ1v) is 6.39. The first-order valence-electron chi connectivity index (χ1n) is 5.63. The van der Waals surface area contributed by atoms with Crippen LogP contribution in [0.1, 0.15) is 18.5 Å². The zero-order valence-corrected chi connectivity index (χ0v) is 11.5. The molecular formula is C14H14Cl2N2. The van der Waals surface area contributed by atoms with Gasteiger partial charge in [-0.2, -0.15) is 0 Å². The number of halogens is 2. The van der Waals surface area contributed by atoms with Crippen molar-refractivity contribution in [2.75, 3.05) is 11.1 Å². The second-order valence-electron chi connectivity index (χ2n) is 4.15. The lowest BCUT2D eigenvalue weighted by Gasteiger charge is -2.17. The fourth-order valence-electron chi connectivity index (χ4n) is 1.73. The van der Waals surface area contributed by atoms with Crippen LogP contribution in [0.15, 0.2) is 42.5 Å². The van der Waals surface area contributed by atoms with Crippen LogP contribution < -0.4 is 11.1 Å². The second kappa shape index (κ2) is 5.51. The van der Waals surface area contributed by atoms with Gasteiger partial charge in [0.1, 0.15) is 0 Å². The van der Waals surface area contributed by atoms with Crippen molar-refractivity contribution in [3.05, 3.63) is 58.1 Å². The van der Waals surface area contributed by atoms with E-state index in [4.69, 9.17) is 28.9 Å². The number of anilines is 2. The number of nitrogens with one attached hydrogen (secondary N) is 1. The summed E-state index contributed by atoms with van der Waals surface area (Å²) in [5.41, 5.74) is 8.57. The van der Waals surface area contributed by atoms with Crippen LogP contribution in [-0.4, -0.2) is 0 Å². The van der Waals surface area contributed by atoms with Gasteiger partial charge in [-0.25, -0.2) is 0 Å². The van der Waals surface area contributed by atoms with E-state index in [2.05, 4.69) is 12.2 Å². The molecule has 0 saturated heterocycles. The van der Waals surface area contributed by atoms with Gasteiger partial charge in [0.15, 0.2) is 0 Å². The Bertz CT molecular complexity index is 538. The largest absolute Gasteiger partial charge is 0.397 e. The molecule has 4 heteroatoms. The third kappa shape index (κ3) is 3.09. The summed E-state index contributed by atoms with van der Waals surface area (Å²) in [7, 11) is 0. The minimum absolute atomic E-state index is 0.144. The summed E-state index contributed by atoms with van der Waals surface area (Å²) in [6, 6.07) is 13.3. The van der Waals surface area contributed by atoms with E-state index in [1.54, 1.807) is 6.07 Å². The first-order chi connectivity index (χ1) is 8.56. The average Bonchev–Trinajstić information content (AvgIpc) is 2.33. The van der Waals surface area contributed by atoms with Crippen LogP contribution in [-0.2, 0) is 0 Å². The van der Waals surface area contributed by atoms with Crippen molar-refractivity contribution in [3.8, 4) is 0 Å². The summed E-state index contributed by atoms with van der Waals surface area (Å²) in [6.07, 6.45) is 0. The monoisotopic (exact) mass is 280 g/mol. The van der Waals surface area contributed by atoms with Gasteiger partial charge in [-0.05, 0) is 42.8 Å². The molecule has 2 aromatic carbocycles. The highest BCUT2D eigenvalue weighted by atomic mass is 35.5. The zero-order valence-electron chi connectivity index (χ0n) is 9.95. The minimum Gasteiger partial charge on any atom is -0.397 e. The molecule has 0 spiro atoms. The van der Waals surface area contributed by atoms with Crippen LogP contribution in [0, 0.1) is 0 Å². The molecule has 0 aliphatic carbocycles. The van der Waals surface area contributed by atoms with Crippen molar-refractivity contribution in [3.63, 3.8) is 0 Å². The molecule has 2 aromatic rings. The van der Waals surface area contributed by atoms with E-state index in [1.807, 2.05) is 36.4 Å². The lowest BCUT2D eigenvalue weighted by molar-refractivity contribution is 0.885. The number of rotatable bonds is 3. The molecule has 94 valence electrons. The van der Waals surface area contributed by atoms with Gasteiger partial charge in [0.05, 0.1) is 11.4 Å². The highest BCUT2D eigenvalue weighted by Crippen LogP contribution is 2.27. The van der Waals surface area contributed by atoms with Gasteiger partial charge in [0.25, 0.3) is 0 Å². The Morgan fingerprint density at radius 3 is 2.22 bits per heavy atom. The van der Waals surface area contributed by atoms with E-state index in [1.165, 1.54) is 0 Å². The van der Waals surface area contributed by atoms with Crippen LogP contribution in [0.3, 0.4) is 0 Å². The van der Waals surface area contributed by atoms with Crippen molar-refractivity contribution in [1.82, 2.24) is 0 Å². The van der Waals surface area contributed by atoms with Crippen molar-refractivity contribution in [1.29, 1.82) is 0 Å². The molecule has 0 aromatic heterocycles. The van der Waals surface area contributed by atoms with Crippen molar-refractivity contribution < 1.29 is 0 Å². The SMILES string of the molecule is CC(Nc1ccc(Cl)cc1N)c1ccc(Cl)cc1. The molecule has 0 bridgehead atoms. The van der Waals surface area contributed by atoms with E-state index >= 15 is 0 Å². The summed E-state index contributed by atoms with van der Waals surface area (Å²) in [5, 5.41) is 4.72. The third-order valence-corrected chi connectivity index (χ3v) is 3.24. The predicted octanol–water partition coefficient (Wildman–Crippen LogP) is 4.75. The Balaban J connectivity index is 2.15. The van der Waals surface area contributed by atoms with Crippen molar-refractivity contribution in [2.45, 2.75) is 13.0 Å². The number of nitrogens with two attached hydrogens (primary N) is 1. The number of hydrogen-bond acceptors (Lipinski definition) is 2. The van der Waals surface area contributed by atoms with Gasteiger partial charge in [-0.3, -0.25) is 0 Å². The molecule has 0 heterocycles. The molecule has 18 heavy (non-hydrogen) atoms. The Morgan fingerprint density at radius 2 is 1.61 bits per heavy atom. The topological polar surface area (TPSA) is 38.0 Å². The van der Waals surface area contributed by atoms with Crippen molar-refractivity contribution in [2.24, 2.45) is 0 Å². The Kier molecular flexibility index (Phi) is 4.00. The number of hydrogen-bond donors (Lipinski definition) is 2. The third-order valence-electron chi connectivity index (χ3n) is 2.76. The number of nitrogen functional groups attached to an aromatic ring is 1. The summed E-state index contributed by atoms with van der Waals surface area (Å²) in [4.78, 5) is 0. The van der Waals surface area contributed by atoms with Gasteiger partial charge in [0.2, 0.25) is 0 Å². The van der Waals surface area contributed by atoms with Gasteiger partial charge >= 0.3 is 0 Å². The van der Waals surface area contributed by atoms with E-state index in [0.717, 1.165) is 16.3 Å². The normalized spacial score (nSPS) is 12.2. The van der Waals surface area contributed by atoms with E-state index in [9.17, 15) is 0 Å². The van der Waals surface area contributed by atoms with Crippen LogP contribution in [0.4, 0.5) is 11.4 Å². The van der Waals surface area contributed by atoms with E-state index in [0.29, 0.717) is 10.7 Å². The fourth-order valence-corrected chi connectivity index (χ4v) is 2.04. The minimum atomic E-state index is 0.144. The summed E-state index contributed by atoms with van der Waals surface area (Å²) < 4.78 is 0. The van der Waals surface area contributed by atoms with Gasteiger partial charge in [-0.1, -0.05) is 35.3 Å². The Morgan fingerprint density at radius 1 is 1.00 bits per heavy atom. The van der Waals surface area contributed by atoms with Crippen LogP contribution in [0.2, 0.25) is 10.0 Å². The summed E-state index contributed by atoms with van der Waals surface area (Å²) in [5.74, 6) is 0. The first kappa shape index (κ1) is 13.1. The lowest BCUT2D eigenvalue weighted by Crippen LogP contribution is -2.08. The second-order valence-corrected chi connectivity index (χ2v) is 5.02. The molecule has 2 rings (SSSR count). The molecule has 0 amide bonds. The maximum absolute atomic E-state index is 5.90. The molecular weight excluding hydrogens is 267 g/mol. The lowest BCUT2D eigenvalue weighted by atomic mass is 10.1. The van der Waals surface area contributed by atoms with E-state index in [-0.39, 0.29) is 6.04 Å². The van der Waals surface area contributed by atoms with Crippen molar-refractivity contribution >= 4 is 34.6 Å². The zero-order chi connectivity index (χ0) is 13.1. The van der Waals surface area contributed by atoms with Gasteiger partial charge in [0, 0.05) is 16.1 Å². The van der Waals surface area contributed by atoms with Crippen LogP contribution in [0.25, 0.3) is 0 Å². The van der Waals surface area contributed by atoms with Crippen LogP contribution >= 0.6 is 23.2 Å². The maximum atomic E-state index is 5.90. The molecule has 1 unspecified atom stereocenters. The molecule has 2 nitrogen and oxygen atoms in total. The molecule has 0 fully saturated rings. The summed E-state index contributed by atoms with van der Waals surface area (Å²) in [6.45, 7) is 2.07. The highest BCUT2D eigenvalue weighted by molar-refractivity contribution is 6.31. The molecule has 0 radical (unpaired) electrons. The molecule has 1 atom stereocenters. The molecule has 0 aliphatic heterocycles. The highest BCUT2D eigenvalue weighted by Gasteiger charge is 2.07. The van der Waals surface area contributed by atoms with Crippen LogP contribution in [0.5, 0.6) is 0 Å². The smallest absolute Gasteiger partial charge is 0.0579 e. The van der Waals surface area contributed by atoms with E-state index < -0.39 is 0 Å². The average molecular weight is 281 g/mol. The maximum Gasteiger partial charge on any atom is 0.0579 e. The molecule has 0 aliphatic rings. The Hall–Kier alpha value is -1.38. The summed E-state index contributed by atoms with van der Waals surface area (Å²) >= 11 is 11.7. The Labute approximate surface area is 117 Å². The fraction of sp³-hybridized carbons (Fsp3) is 0.143.